The van der Waals surface area contributed by atoms with E-state index in [1.54, 1.807) is 26.0 Å². The van der Waals surface area contributed by atoms with Crippen LogP contribution in [0, 0.1) is 29.6 Å². The molecule has 0 bridgehead atoms. The van der Waals surface area contributed by atoms with Crippen LogP contribution in [0.5, 0.6) is 0 Å². The Morgan fingerprint density at radius 2 is 1.80 bits per heavy atom. The summed E-state index contributed by atoms with van der Waals surface area (Å²) in [5, 5.41) is 44.4. The van der Waals surface area contributed by atoms with Crippen molar-refractivity contribution in [2.24, 2.45) is 29.6 Å². The molecule has 0 aromatic rings. The van der Waals surface area contributed by atoms with Crippen molar-refractivity contribution in [2.75, 3.05) is 7.11 Å². The Labute approximate surface area is 246 Å². The van der Waals surface area contributed by atoms with Gasteiger partial charge in [0.2, 0.25) is 0 Å². The Balaban J connectivity index is 2.42. The molecule has 12 atom stereocenters. The first-order chi connectivity index (χ1) is 19.1. The zero-order valence-corrected chi connectivity index (χ0v) is 26.4. The molecule has 1 saturated heterocycles. The van der Waals surface area contributed by atoms with Gasteiger partial charge in [-0.1, -0.05) is 83.1 Å². The molecule has 2 aliphatic heterocycles. The molecule has 0 spiro atoms. The van der Waals surface area contributed by atoms with Crippen LogP contribution in [-0.4, -0.2) is 75.9 Å². The van der Waals surface area contributed by atoms with Crippen molar-refractivity contribution in [1.29, 1.82) is 0 Å². The van der Waals surface area contributed by atoms with Crippen molar-refractivity contribution in [3.63, 3.8) is 0 Å². The summed E-state index contributed by atoms with van der Waals surface area (Å²) in [5.41, 5.74) is 1.89. The van der Waals surface area contributed by atoms with Crippen molar-refractivity contribution in [1.82, 2.24) is 0 Å². The maximum atomic E-state index is 13.0. The Kier molecular flexibility index (Phi) is 13.5. The molecule has 0 aromatic heterocycles. The van der Waals surface area contributed by atoms with Gasteiger partial charge in [0.25, 0.3) is 0 Å². The molecule has 234 valence electrons. The molecule has 2 heterocycles. The summed E-state index contributed by atoms with van der Waals surface area (Å²) in [5.74, 6) is -4.04. The number of cyclic esters (lactones) is 1. The van der Waals surface area contributed by atoms with E-state index < -0.39 is 54.1 Å². The highest BCUT2D eigenvalue weighted by Gasteiger charge is 2.50. The van der Waals surface area contributed by atoms with Crippen LogP contribution in [-0.2, 0) is 19.0 Å². The Morgan fingerprint density at radius 1 is 1.15 bits per heavy atom. The second kappa shape index (κ2) is 15.6. The number of hydrogen-bond acceptors (Lipinski definition) is 8. The predicted octanol–water partition coefficient (Wildman–Crippen LogP) is 4.47. The van der Waals surface area contributed by atoms with Gasteiger partial charge in [-0.2, -0.15) is 0 Å². The van der Waals surface area contributed by atoms with Gasteiger partial charge in [0.15, 0.2) is 5.79 Å². The van der Waals surface area contributed by atoms with Gasteiger partial charge >= 0.3 is 5.97 Å². The molecular weight excluding hydrogens is 524 g/mol. The van der Waals surface area contributed by atoms with Crippen LogP contribution in [0.1, 0.15) is 74.7 Å². The molecule has 8 heteroatoms. The maximum absolute atomic E-state index is 13.0. The van der Waals surface area contributed by atoms with Crippen LogP contribution in [0.2, 0.25) is 0 Å². The van der Waals surface area contributed by atoms with Gasteiger partial charge in [0.05, 0.1) is 24.4 Å². The van der Waals surface area contributed by atoms with Crippen molar-refractivity contribution in [2.45, 2.75) is 117 Å². The van der Waals surface area contributed by atoms with Crippen LogP contribution >= 0.6 is 0 Å². The second-order valence-electron chi connectivity index (χ2n) is 12.5. The molecule has 2 rings (SSSR count). The molecule has 0 amide bonds. The minimum absolute atomic E-state index is 0.0301. The van der Waals surface area contributed by atoms with Crippen molar-refractivity contribution in [3.05, 3.63) is 47.6 Å². The van der Waals surface area contributed by atoms with E-state index in [2.05, 4.69) is 0 Å². The van der Waals surface area contributed by atoms with E-state index in [9.17, 15) is 25.2 Å². The molecule has 1 fully saturated rings. The average Bonchev–Trinajstić information content (AvgIpc) is 2.92. The van der Waals surface area contributed by atoms with Crippen LogP contribution in [0.4, 0.5) is 0 Å². The maximum Gasteiger partial charge on any atom is 0.331 e. The summed E-state index contributed by atoms with van der Waals surface area (Å²) in [7, 11) is 1.51. The van der Waals surface area contributed by atoms with Crippen LogP contribution in [0.3, 0.4) is 0 Å². The Hall–Kier alpha value is -1.81. The molecule has 41 heavy (non-hydrogen) atoms. The van der Waals surface area contributed by atoms with Gasteiger partial charge in [-0.3, -0.25) is 0 Å². The number of esters is 1. The molecular formula is C33H54O8. The minimum Gasteiger partial charge on any atom is -0.456 e. The van der Waals surface area contributed by atoms with Gasteiger partial charge in [-0.15, -0.1) is 0 Å². The average molecular weight is 579 g/mol. The number of rotatable bonds is 6. The van der Waals surface area contributed by atoms with E-state index in [4.69, 9.17) is 14.2 Å². The largest absolute Gasteiger partial charge is 0.456 e. The first-order valence-corrected chi connectivity index (χ1v) is 15.0. The van der Waals surface area contributed by atoms with E-state index in [1.165, 1.54) is 13.2 Å². The van der Waals surface area contributed by atoms with Crippen LogP contribution in [0.25, 0.3) is 0 Å². The number of ether oxygens (including phenoxy) is 3. The summed E-state index contributed by atoms with van der Waals surface area (Å²) in [6, 6.07) is 0. The van der Waals surface area contributed by atoms with E-state index in [-0.39, 0.29) is 30.3 Å². The number of hydrogen-bond donors (Lipinski definition) is 4. The fourth-order valence-corrected chi connectivity index (χ4v) is 6.10. The summed E-state index contributed by atoms with van der Waals surface area (Å²) in [6.07, 6.45) is 7.36. The minimum atomic E-state index is -1.75. The first-order valence-electron chi connectivity index (χ1n) is 15.0. The van der Waals surface area contributed by atoms with Gasteiger partial charge in [0, 0.05) is 43.3 Å². The number of methoxy groups -OCH3 is 1. The fourth-order valence-electron chi connectivity index (χ4n) is 6.10. The third kappa shape index (κ3) is 9.34. The molecule has 12 unspecified atom stereocenters. The highest BCUT2D eigenvalue weighted by molar-refractivity contribution is 5.82. The van der Waals surface area contributed by atoms with Crippen molar-refractivity contribution >= 4 is 5.97 Å². The normalized spacial score (nSPS) is 42.5. The lowest BCUT2D eigenvalue weighted by molar-refractivity contribution is -0.322. The molecule has 8 nitrogen and oxygen atoms in total. The van der Waals surface area contributed by atoms with E-state index >= 15 is 0 Å². The smallest absolute Gasteiger partial charge is 0.331 e. The van der Waals surface area contributed by atoms with E-state index in [0.29, 0.717) is 12.8 Å². The number of carbonyl (C=O) groups excluding carboxylic acids is 1. The molecule has 0 saturated carbocycles. The van der Waals surface area contributed by atoms with Gasteiger partial charge in [-0.05, 0) is 32.6 Å². The molecule has 2 aliphatic rings. The quantitative estimate of drug-likeness (QED) is 0.340. The van der Waals surface area contributed by atoms with Gasteiger partial charge in [-0.25, -0.2) is 4.79 Å². The summed E-state index contributed by atoms with van der Waals surface area (Å²) >= 11 is 0. The third-order valence-corrected chi connectivity index (χ3v) is 9.04. The van der Waals surface area contributed by atoms with Gasteiger partial charge < -0.3 is 34.6 Å². The standard InChI is InChI=1S/C33H54O8/c1-10-27-23(6)26(34)18-33(38,41-27)25(8)31(37)24(7)32-28(39-9)13-11-12-19(2)16-21(4)30(36)22(5)17-20(3)14-15-29(35)40-32/h11-15,17,21-28,30-32,34,36-38H,10,16,18H2,1-9H3/b13-11+,15-14+,19-12+,20-17+. The van der Waals surface area contributed by atoms with Gasteiger partial charge in [0.1, 0.15) is 12.2 Å². The number of aliphatic hydroxyl groups excluding tert-OH is 3. The van der Waals surface area contributed by atoms with Crippen molar-refractivity contribution in [3.8, 4) is 0 Å². The molecule has 0 radical (unpaired) electrons. The SMILES string of the molecule is CCC1OC(O)(C(C)C(O)C(C)C2OC(=O)/C=C/C(C)=C/C(C)C(O)C(C)C/C(C)=C/C=C/C2OC)CC(O)C1C. The second-order valence-corrected chi connectivity index (χ2v) is 12.5. The van der Waals surface area contributed by atoms with Crippen LogP contribution < -0.4 is 0 Å². The monoisotopic (exact) mass is 578 g/mol. The lowest BCUT2D eigenvalue weighted by Gasteiger charge is -2.48. The number of aliphatic hydroxyl groups is 4. The number of carbonyl (C=O) groups is 1. The summed E-state index contributed by atoms with van der Waals surface area (Å²) in [4.78, 5) is 13.0. The molecule has 0 aromatic carbocycles. The molecule has 0 aliphatic carbocycles. The first kappa shape index (κ1) is 35.4. The van der Waals surface area contributed by atoms with E-state index in [0.717, 1.165) is 11.1 Å². The molecule has 4 N–H and O–H groups in total. The lowest BCUT2D eigenvalue weighted by atomic mass is 9.77. The van der Waals surface area contributed by atoms with Crippen LogP contribution in [0.15, 0.2) is 47.6 Å². The van der Waals surface area contributed by atoms with Crippen molar-refractivity contribution < 1.29 is 39.4 Å². The predicted molar refractivity (Wildman–Crippen MR) is 160 cm³/mol. The Morgan fingerprint density at radius 3 is 2.41 bits per heavy atom. The Bertz CT molecular complexity index is 970. The number of allylic oxidation sites excluding steroid dienone is 5. The fraction of sp³-hybridized carbons (Fsp3) is 0.727. The highest BCUT2D eigenvalue weighted by atomic mass is 16.6. The zero-order chi connectivity index (χ0) is 31.1. The summed E-state index contributed by atoms with van der Waals surface area (Å²) < 4.78 is 17.7. The summed E-state index contributed by atoms with van der Waals surface area (Å²) in [6.45, 7) is 15.1. The van der Waals surface area contributed by atoms with E-state index in [1.807, 2.05) is 59.8 Å². The lowest BCUT2D eigenvalue weighted by Crippen LogP contribution is -2.58. The highest BCUT2D eigenvalue weighted by Crippen LogP contribution is 2.40. The third-order valence-electron chi connectivity index (χ3n) is 9.04. The topological polar surface area (TPSA) is 126 Å². The zero-order valence-electron chi connectivity index (χ0n) is 26.4.